The van der Waals surface area contributed by atoms with Crippen molar-refractivity contribution in [1.29, 1.82) is 0 Å². The van der Waals surface area contributed by atoms with E-state index in [0.29, 0.717) is 12.8 Å². The van der Waals surface area contributed by atoms with E-state index < -0.39 is 0 Å². The Bertz CT molecular complexity index is 518. The largest absolute Gasteiger partial charge is 0.0858 e. The molecule has 0 amide bonds. The van der Waals surface area contributed by atoms with Crippen molar-refractivity contribution in [3.05, 3.63) is 34.4 Å². The van der Waals surface area contributed by atoms with E-state index in [9.17, 15) is 0 Å². The maximum Gasteiger partial charge on any atom is 0.0468 e. The summed E-state index contributed by atoms with van der Waals surface area (Å²) in [4.78, 5) is 0. The van der Waals surface area contributed by atoms with E-state index in [1.54, 1.807) is 16.7 Å². The molecular formula is C20H30I2. The van der Waals surface area contributed by atoms with Crippen LogP contribution in [-0.4, -0.2) is 6.84 Å². The summed E-state index contributed by atoms with van der Waals surface area (Å²) in [5, 5.41) is 0. The topological polar surface area (TPSA) is 0 Å². The van der Waals surface area contributed by atoms with Crippen LogP contribution in [0.3, 0.4) is 0 Å². The Balaban J connectivity index is 2.31. The number of hydrogen-bond acceptors (Lipinski definition) is 0. The molecule has 0 aromatic heterocycles. The van der Waals surface area contributed by atoms with Gasteiger partial charge in [0, 0.05) is 12.8 Å². The van der Waals surface area contributed by atoms with Gasteiger partial charge in [0.25, 0.3) is 0 Å². The summed E-state index contributed by atoms with van der Waals surface area (Å²) in [7, 11) is 0. The predicted octanol–water partition coefficient (Wildman–Crippen LogP) is 7.57. The van der Waals surface area contributed by atoms with E-state index in [0.717, 1.165) is 0 Å². The fourth-order valence-corrected chi connectivity index (χ4v) is 5.96. The highest BCUT2D eigenvalue weighted by Crippen LogP contribution is 2.58. The van der Waals surface area contributed by atoms with E-state index in [1.807, 2.05) is 0 Å². The van der Waals surface area contributed by atoms with Gasteiger partial charge >= 0.3 is 0 Å². The third kappa shape index (κ3) is 3.84. The number of rotatable bonds is 4. The monoisotopic (exact) mass is 524 g/mol. The first-order chi connectivity index (χ1) is 10.2. The van der Waals surface area contributed by atoms with Gasteiger partial charge in [-0.25, -0.2) is 0 Å². The highest BCUT2D eigenvalue weighted by atomic mass is 127. The van der Waals surface area contributed by atoms with Crippen LogP contribution < -0.4 is 0 Å². The van der Waals surface area contributed by atoms with Gasteiger partial charge < -0.3 is 0 Å². The van der Waals surface area contributed by atoms with Crippen LogP contribution in [0, 0.1) is 5.92 Å². The zero-order valence-corrected chi connectivity index (χ0v) is 19.0. The van der Waals surface area contributed by atoms with Gasteiger partial charge in [0.05, 0.1) is 0 Å². The number of hydrogen-bond donors (Lipinski definition) is 0. The number of halogens is 2. The lowest BCUT2D eigenvalue weighted by Crippen LogP contribution is -2.50. The molecule has 0 heterocycles. The molecule has 0 saturated carbocycles. The van der Waals surface area contributed by atoms with Gasteiger partial charge in [-0.2, -0.15) is 0 Å². The first-order valence-corrected chi connectivity index (χ1v) is 10.7. The third-order valence-corrected chi connectivity index (χ3v) is 10.5. The Morgan fingerprint density at radius 3 is 2.64 bits per heavy atom. The minimum absolute atomic E-state index is 0.335. The van der Waals surface area contributed by atoms with Crippen molar-refractivity contribution in [1.82, 2.24) is 0 Å². The minimum Gasteiger partial charge on any atom is -0.0858 e. The molecule has 0 spiro atoms. The molecule has 0 bridgehead atoms. The molecule has 22 heavy (non-hydrogen) atoms. The second-order valence-corrected chi connectivity index (χ2v) is 12.0. The fourth-order valence-electron chi connectivity index (χ4n) is 3.95. The second-order valence-electron chi connectivity index (χ2n) is 7.68. The zero-order chi connectivity index (χ0) is 16.5. The lowest BCUT2D eigenvalue weighted by Gasteiger charge is -2.51. The van der Waals surface area contributed by atoms with Crippen molar-refractivity contribution in [2.24, 2.45) is 5.92 Å². The van der Waals surface area contributed by atoms with Gasteiger partial charge in [-0.15, -0.1) is 0 Å². The standard InChI is InChI=1S/C20H30I2/c1-14(2)7-6-11-19(5,21)20(22)12-10-16(4)17-9-8-15(3)13-18(17)20/h7,13,18H,6,8-12H2,1-5H3/t18?,19-,20+/m0/s1. The molecule has 0 fully saturated rings. The molecule has 0 aromatic carbocycles. The van der Waals surface area contributed by atoms with Gasteiger partial charge in [0.1, 0.15) is 0 Å². The van der Waals surface area contributed by atoms with Crippen LogP contribution in [0.2, 0.25) is 0 Å². The molecule has 2 heteroatoms. The van der Waals surface area contributed by atoms with Crippen molar-refractivity contribution >= 4 is 45.2 Å². The molecule has 1 unspecified atom stereocenters. The third-order valence-electron chi connectivity index (χ3n) is 5.55. The first-order valence-electron chi connectivity index (χ1n) is 8.54. The average molecular weight is 524 g/mol. The number of fused-ring (bicyclic) bond motifs is 1. The maximum atomic E-state index is 2.84. The van der Waals surface area contributed by atoms with Gasteiger partial charge in [0.15, 0.2) is 0 Å². The molecule has 0 saturated heterocycles. The SMILES string of the molecule is CC(C)=CCC[C@](C)(I)[C@@]1(I)CCC(C)=C2CCC(C)=CC21. The van der Waals surface area contributed by atoms with Crippen LogP contribution in [-0.2, 0) is 0 Å². The minimum atomic E-state index is 0.335. The summed E-state index contributed by atoms with van der Waals surface area (Å²) < 4.78 is 0.694. The summed E-state index contributed by atoms with van der Waals surface area (Å²) in [6.45, 7) is 11.6. The van der Waals surface area contributed by atoms with Crippen LogP contribution in [0.4, 0.5) is 0 Å². The lowest BCUT2D eigenvalue weighted by atomic mass is 9.65. The first kappa shape index (κ1) is 19.0. The molecule has 0 N–H and O–H groups in total. The molecule has 0 radical (unpaired) electrons. The van der Waals surface area contributed by atoms with Crippen molar-refractivity contribution in [3.63, 3.8) is 0 Å². The molecule has 0 aromatic rings. The predicted molar refractivity (Wildman–Crippen MR) is 116 cm³/mol. The maximum absolute atomic E-state index is 2.84. The zero-order valence-electron chi connectivity index (χ0n) is 14.7. The van der Waals surface area contributed by atoms with Gasteiger partial charge in [0.2, 0.25) is 0 Å². The summed E-state index contributed by atoms with van der Waals surface area (Å²) >= 11 is 5.61. The average Bonchev–Trinajstić information content (AvgIpc) is 2.42. The molecule has 3 atom stereocenters. The second kappa shape index (κ2) is 7.28. The van der Waals surface area contributed by atoms with E-state index in [-0.39, 0.29) is 0 Å². The Morgan fingerprint density at radius 1 is 1.32 bits per heavy atom. The normalized spacial score (nSPS) is 31.2. The Kier molecular flexibility index (Phi) is 6.29. The summed E-state index contributed by atoms with van der Waals surface area (Å²) in [5.41, 5.74) is 6.48. The van der Waals surface area contributed by atoms with Crippen LogP contribution in [0.25, 0.3) is 0 Å². The molecule has 2 aliphatic carbocycles. The Hall–Kier alpha value is 0.680. The summed E-state index contributed by atoms with van der Waals surface area (Å²) in [6.07, 6.45) is 12.7. The molecule has 2 rings (SSSR count). The van der Waals surface area contributed by atoms with E-state index >= 15 is 0 Å². The van der Waals surface area contributed by atoms with E-state index in [2.05, 4.69) is 92.0 Å². The van der Waals surface area contributed by atoms with Gasteiger partial charge in [-0.3, -0.25) is 0 Å². The van der Waals surface area contributed by atoms with Crippen molar-refractivity contribution in [2.45, 2.75) is 80.0 Å². The quantitative estimate of drug-likeness (QED) is 0.202. The molecule has 124 valence electrons. The van der Waals surface area contributed by atoms with Crippen LogP contribution in [0.15, 0.2) is 34.4 Å². The smallest absolute Gasteiger partial charge is 0.0468 e. The van der Waals surface area contributed by atoms with Crippen molar-refractivity contribution < 1.29 is 0 Å². The molecule has 2 aliphatic rings. The Morgan fingerprint density at radius 2 is 2.00 bits per heavy atom. The van der Waals surface area contributed by atoms with Crippen molar-refractivity contribution in [3.8, 4) is 0 Å². The molecular weight excluding hydrogens is 494 g/mol. The van der Waals surface area contributed by atoms with Gasteiger partial charge in [-0.1, -0.05) is 79.6 Å². The van der Waals surface area contributed by atoms with Crippen LogP contribution in [0.5, 0.6) is 0 Å². The highest BCUT2D eigenvalue weighted by molar-refractivity contribution is 14.1. The summed E-state index contributed by atoms with van der Waals surface area (Å²) in [6, 6.07) is 0. The molecule has 0 nitrogen and oxygen atoms in total. The van der Waals surface area contributed by atoms with E-state index in [1.165, 1.54) is 44.1 Å². The number of alkyl halides is 2. The highest BCUT2D eigenvalue weighted by Gasteiger charge is 2.51. The number of allylic oxidation sites excluding steroid dienone is 6. The lowest BCUT2D eigenvalue weighted by molar-refractivity contribution is 0.353. The Labute approximate surface area is 164 Å². The molecule has 0 aliphatic heterocycles. The van der Waals surface area contributed by atoms with E-state index in [4.69, 9.17) is 0 Å². The van der Waals surface area contributed by atoms with Crippen LogP contribution in [0.1, 0.15) is 73.1 Å². The van der Waals surface area contributed by atoms with Crippen molar-refractivity contribution in [2.75, 3.05) is 0 Å². The fraction of sp³-hybridized carbons (Fsp3) is 0.700. The van der Waals surface area contributed by atoms with Crippen LogP contribution >= 0.6 is 45.2 Å². The van der Waals surface area contributed by atoms with Gasteiger partial charge in [-0.05, 0) is 73.1 Å². The summed E-state index contributed by atoms with van der Waals surface area (Å²) in [5.74, 6) is 0.657.